The zero-order valence-electron chi connectivity index (χ0n) is 9.92. The fourth-order valence-corrected chi connectivity index (χ4v) is 3.27. The minimum Gasteiger partial charge on any atom is -0.478 e. The standard InChI is InChI=1S/C13H13NO2S2/c1-2-10-4-5-11(18-10)8-17-12-6-3-9(7-14-12)13(15)16/h3-7H,2,8H2,1H3,(H,15,16). The number of rotatable bonds is 5. The Morgan fingerprint density at radius 2 is 2.11 bits per heavy atom. The number of aromatic nitrogens is 1. The zero-order valence-corrected chi connectivity index (χ0v) is 11.6. The van der Waals surface area contributed by atoms with E-state index < -0.39 is 5.97 Å². The third-order valence-corrected chi connectivity index (χ3v) is 4.82. The Bertz CT molecular complexity index is 534. The van der Waals surface area contributed by atoms with Gasteiger partial charge in [-0.15, -0.1) is 23.1 Å². The van der Waals surface area contributed by atoms with Gasteiger partial charge < -0.3 is 5.11 Å². The smallest absolute Gasteiger partial charge is 0.337 e. The van der Waals surface area contributed by atoms with Crippen LogP contribution in [0.4, 0.5) is 0 Å². The maximum absolute atomic E-state index is 10.7. The summed E-state index contributed by atoms with van der Waals surface area (Å²) < 4.78 is 0. The topological polar surface area (TPSA) is 50.2 Å². The van der Waals surface area contributed by atoms with Crippen molar-refractivity contribution in [1.29, 1.82) is 0 Å². The van der Waals surface area contributed by atoms with Crippen LogP contribution in [0, 0.1) is 0 Å². The van der Waals surface area contributed by atoms with Gasteiger partial charge >= 0.3 is 5.97 Å². The lowest BCUT2D eigenvalue weighted by atomic mass is 10.3. The van der Waals surface area contributed by atoms with Crippen molar-refractivity contribution in [3.05, 3.63) is 45.8 Å². The molecule has 0 unspecified atom stereocenters. The number of aryl methyl sites for hydroxylation is 1. The van der Waals surface area contributed by atoms with Crippen LogP contribution in [0.5, 0.6) is 0 Å². The predicted octanol–water partition coefficient (Wildman–Crippen LogP) is 3.70. The molecular formula is C13H13NO2S2. The Labute approximate surface area is 114 Å². The fourth-order valence-electron chi connectivity index (χ4n) is 1.43. The quantitative estimate of drug-likeness (QED) is 0.848. The number of carboxylic acids is 1. The summed E-state index contributed by atoms with van der Waals surface area (Å²) in [4.78, 5) is 17.5. The maximum atomic E-state index is 10.7. The van der Waals surface area contributed by atoms with Gasteiger partial charge in [0.1, 0.15) is 0 Å². The van der Waals surface area contributed by atoms with Crippen LogP contribution in [0.1, 0.15) is 27.0 Å². The molecule has 0 amide bonds. The second kappa shape index (κ2) is 6.02. The van der Waals surface area contributed by atoms with Gasteiger partial charge in [0.25, 0.3) is 0 Å². The normalized spacial score (nSPS) is 10.5. The molecule has 0 spiro atoms. The molecule has 0 aliphatic carbocycles. The molecule has 0 radical (unpaired) electrons. The van der Waals surface area contributed by atoms with Crippen LogP contribution in [-0.4, -0.2) is 16.1 Å². The van der Waals surface area contributed by atoms with Crippen LogP contribution in [0.25, 0.3) is 0 Å². The lowest BCUT2D eigenvalue weighted by Crippen LogP contribution is -1.96. The third kappa shape index (κ3) is 3.34. The minimum absolute atomic E-state index is 0.226. The fraction of sp³-hybridized carbons (Fsp3) is 0.231. The molecule has 5 heteroatoms. The van der Waals surface area contributed by atoms with E-state index >= 15 is 0 Å². The Kier molecular flexibility index (Phi) is 4.38. The van der Waals surface area contributed by atoms with E-state index in [9.17, 15) is 4.79 Å². The molecule has 2 aromatic rings. The summed E-state index contributed by atoms with van der Waals surface area (Å²) in [5, 5.41) is 9.62. The van der Waals surface area contributed by atoms with E-state index in [0.717, 1.165) is 17.2 Å². The molecule has 0 bridgehead atoms. The second-order valence-corrected chi connectivity index (χ2v) is 5.95. The van der Waals surface area contributed by atoms with E-state index in [1.807, 2.05) is 11.3 Å². The van der Waals surface area contributed by atoms with Gasteiger partial charge in [-0.25, -0.2) is 9.78 Å². The van der Waals surface area contributed by atoms with E-state index in [0.29, 0.717) is 0 Å². The molecular weight excluding hydrogens is 266 g/mol. The molecule has 18 heavy (non-hydrogen) atoms. The SMILES string of the molecule is CCc1ccc(CSc2ccc(C(=O)O)cn2)s1. The molecule has 0 aliphatic heterocycles. The summed E-state index contributed by atoms with van der Waals surface area (Å²) >= 11 is 3.44. The minimum atomic E-state index is -0.940. The molecule has 94 valence electrons. The molecule has 0 saturated heterocycles. The van der Waals surface area contributed by atoms with Crippen molar-refractivity contribution in [1.82, 2.24) is 4.98 Å². The van der Waals surface area contributed by atoms with Crippen LogP contribution in [-0.2, 0) is 12.2 Å². The Morgan fingerprint density at radius 3 is 2.67 bits per heavy atom. The number of thiophene rings is 1. The van der Waals surface area contributed by atoms with Crippen LogP contribution >= 0.6 is 23.1 Å². The molecule has 2 aromatic heterocycles. The number of pyridine rings is 1. The van der Waals surface area contributed by atoms with E-state index in [4.69, 9.17) is 5.11 Å². The van der Waals surface area contributed by atoms with Gasteiger partial charge in [0.05, 0.1) is 10.6 Å². The van der Waals surface area contributed by atoms with E-state index in [1.54, 1.807) is 23.9 Å². The molecule has 0 atom stereocenters. The van der Waals surface area contributed by atoms with Crippen LogP contribution in [0.3, 0.4) is 0 Å². The average molecular weight is 279 g/mol. The lowest BCUT2D eigenvalue weighted by Gasteiger charge is -1.99. The number of hydrogen-bond donors (Lipinski definition) is 1. The molecule has 0 aromatic carbocycles. The average Bonchev–Trinajstić information content (AvgIpc) is 2.85. The highest BCUT2D eigenvalue weighted by Crippen LogP contribution is 2.26. The van der Waals surface area contributed by atoms with Crippen LogP contribution in [0.15, 0.2) is 35.5 Å². The van der Waals surface area contributed by atoms with E-state index in [-0.39, 0.29) is 5.56 Å². The molecule has 1 N–H and O–H groups in total. The Hall–Kier alpha value is -1.33. The highest BCUT2D eigenvalue weighted by Gasteiger charge is 2.04. The summed E-state index contributed by atoms with van der Waals surface area (Å²) in [5.74, 6) is -0.0609. The largest absolute Gasteiger partial charge is 0.478 e. The van der Waals surface area contributed by atoms with Crippen molar-refractivity contribution in [2.75, 3.05) is 0 Å². The first-order chi connectivity index (χ1) is 8.69. The first-order valence-corrected chi connectivity index (χ1v) is 7.39. The first kappa shape index (κ1) is 13.1. The summed E-state index contributed by atoms with van der Waals surface area (Å²) in [6.45, 7) is 2.15. The zero-order chi connectivity index (χ0) is 13.0. The van der Waals surface area contributed by atoms with Gasteiger partial charge in [0.2, 0.25) is 0 Å². The maximum Gasteiger partial charge on any atom is 0.337 e. The van der Waals surface area contributed by atoms with Gasteiger partial charge in [-0.1, -0.05) is 6.92 Å². The van der Waals surface area contributed by atoms with E-state index in [1.165, 1.54) is 16.0 Å². The summed E-state index contributed by atoms with van der Waals surface area (Å²) in [5.41, 5.74) is 0.226. The lowest BCUT2D eigenvalue weighted by molar-refractivity contribution is 0.0696. The first-order valence-electron chi connectivity index (χ1n) is 5.58. The number of aromatic carboxylic acids is 1. The molecule has 0 fully saturated rings. The number of carboxylic acid groups (broad SMARTS) is 1. The summed E-state index contributed by atoms with van der Waals surface area (Å²) in [6, 6.07) is 7.63. The third-order valence-electron chi connectivity index (χ3n) is 2.41. The molecule has 2 heterocycles. The molecule has 3 nitrogen and oxygen atoms in total. The highest BCUT2D eigenvalue weighted by atomic mass is 32.2. The van der Waals surface area contributed by atoms with Gasteiger partial charge in [-0.2, -0.15) is 0 Å². The number of carbonyl (C=O) groups is 1. The summed E-state index contributed by atoms with van der Waals surface area (Å²) in [7, 11) is 0. The predicted molar refractivity (Wildman–Crippen MR) is 74.5 cm³/mol. The van der Waals surface area contributed by atoms with Crippen molar-refractivity contribution < 1.29 is 9.90 Å². The number of thioether (sulfide) groups is 1. The molecule has 0 saturated carbocycles. The van der Waals surface area contributed by atoms with Crippen LogP contribution < -0.4 is 0 Å². The van der Waals surface area contributed by atoms with Gasteiger partial charge in [0.15, 0.2) is 0 Å². The van der Waals surface area contributed by atoms with Gasteiger partial charge in [-0.05, 0) is 30.7 Å². The number of nitrogens with zero attached hydrogens (tertiary/aromatic N) is 1. The van der Waals surface area contributed by atoms with Crippen molar-refractivity contribution >= 4 is 29.1 Å². The molecule has 2 rings (SSSR count). The Morgan fingerprint density at radius 1 is 1.33 bits per heavy atom. The Balaban J connectivity index is 1.95. The monoisotopic (exact) mass is 279 g/mol. The van der Waals surface area contributed by atoms with Crippen LogP contribution in [0.2, 0.25) is 0 Å². The van der Waals surface area contributed by atoms with E-state index in [2.05, 4.69) is 24.0 Å². The number of hydrogen-bond acceptors (Lipinski definition) is 4. The second-order valence-electron chi connectivity index (χ2n) is 3.70. The van der Waals surface area contributed by atoms with Crippen molar-refractivity contribution in [2.45, 2.75) is 24.1 Å². The van der Waals surface area contributed by atoms with Crippen molar-refractivity contribution in [3.63, 3.8) is 0 Å². The van der Waals surface area contributed by atoms with Gasteiger partial charge in [-0.3, -0.25) is 0 Å². The van der Waals surface area contributed by atoms with Gasteiger partial charge in [0, 0.05) is 21.7 Å². The summed E-state index contributed by atoms with van der Waals surface area (Å²) in [6.07, 6.45) is 2.47. The van der Waals surface area contributed by atoms with Crippen molar-refractivity contribution in [2.24, 2.45) is 0 Å². The highest BCUT2D eigenvalue weighted by molar-refractivity contribution is 7.98. The van der Waals surface area contributed by atoms with Crippen molar-refractivity contribution in [3.8, 4) is 0 Å². The molecule has 0 aliphatic rings.